The second kappa shape index (κ2) is 8.11. The highest BCUT2D eigenvalue weighted by molar-refractivity contribution is 5.94. The fourth-order valence-corrected chi connectivity index (χ4v) is 2.25. The maximum atomic E-state index is 13.6. The van der Waals surface area contributed by atoms with Gasteiger partial charge in [0.05, 0.1) is 26.9 Å². The van der Waals surface area contributed by atoms with Crippen LogP contribution in [0.4, 0.5) is 22.0 Å². The summed E-state index contributed by atoms with van der Waals surface area (Å²) >= 11 is 0. The molecule has 5 nitrogen and oxygen atoms in total. The van der Waals surface area contributed by atoms with Crippen LogP contribution in [0.2, 0.25) is 0 Å². The average Bonchev–Trinajstić information content (AvgIpc) is 2.69. The molecule has 0 bridgehead atoms. The van der Waals surface area contributed by atoms with E-state index < -0.39 is 47.2 Å². The van der Waals surface area contributed by atoms with Gasteiger partial charge in [-0.05, 0) is 12.1 Å². The molecule has 2 aromatic carbocycles. The summed E-state index contributed by atoms with van der Waals surface area (Å²) in [4.78, 5) is 12.2. The van der Waals surface area contributed by atoms with Crippen molar-refractivity contribution in [1.82, 2.24) is 0 Å². The summed E-state index contributed by atoms with van der Waals surface area (Å²) in [5, 5.41) is 0. The van der Waals surface area contributed by atoms with Crippen LogP contribution in [0, 0.1) is 29.1 Å². The van der Waals surface area contributed by atoms with Crippen LogP contribution in [0.15, 0.2) is 12.1 Å². The largest absolute Gasteiger partial charge is 0.493 e. The van der Waals surface area contributed by atoms with Crippen LogP contribution < -0.4 is 14.2 Å². The Morgan fingerprint density at radius 2 is 1.30 bits per heavy atom. The molecule has 0 N–H and O–H groups in total. The lowest BCUT2D eigenvalue weighted by atomic mass is 10.1. The van der Waals surface area contributed by atoms with Gasteiger partial charge in [-0.2, -0.15) is 0 Å². The predicted molar refractivity (Wildman–Crippen MR) is 81.4 cm³/mol. The fraction of sp³-hybridized carbons (Fsp3) is 0.235. The third-order valence-electron chi connectivity index (χ3n) is 3.57. The summed E-state index contributed by atoms with van der Waals surface area (Å²) in [5.41, 5.74) is -1.49. The van der Waals surface area contributed by atoms with Crippen molar-refractivity contribution in [3.05, 3.63) is 52.3 Å². The van der Waals surface area contributed by atoms with E-state index >= 15 is 0 Å². The van der Waals surface area contributed by atoms with E-state index in [0.717, 1.165) is 0 Å². The highest BCUT2D eigenvalue weighted by atomic mass is 19.2. The third-order valence-corrected chi connectivity index (χ3v) is 3.57. The molecule has 0 saturated carbocycles. The lowest BCUT2D eigenvalue weighted by molar-refractivity contribution is 0.0457. The molecular formula is C17H13F5O5. The average molecular weight is 392 g/mol. The van der Waals surface area contributed by atoms with Crippen LogP contribution >= 0.6 is 0 Å². The number of hydrogen-bond acceptors (Lipinski definition) is 5. The first-order chi connectivity index (χ1) is 12.8. The van der Waals surface area contributed by atoms with Crippen LogP contribution in [-0.2, 0) is 11.3 Å². The second-order valence-electron chi connectivity index (χ2n) is 5.01. The summed E-state index contributed by atoms with van der Waals surface area (Å²) < 4.78 is 86.6. The number of carbonyl (C=O) groups excluding carboxylic acids is 1. The quantitative estimate of drug-likeness (QED) is 0.324. The number of ether oxygens (including phenoxy) is 4. The van der Waals surface area contributed by atoms with E-state index in [1.807, 2.05) is 0 Å². The molecule has 0 aliphatic rings. The Morgan fingerprint density at radius 1 is 0.778 bits per heavy atom. The first-order valence-corrected chi connectivity index (χ1v) is 7.24. The summed E-state index contributed by atoms with van der Waals surface area (Å²) in [5.74, 6) is -11.7. The summed E-state index contributed by atoms with van der Waals surface area (Å²) in [6, 6.07) is 2.57. The lowest BCUT2D eigenvalue weighted by Gasteiger charge is -2.15. The van der Waals surface area contributed by atoms with Crippen molar-refractivity contribution in [3.63, 3.8) is 0 Å². The zero-order chi connectivity index (χ0) is 20.3. The molecule has 0 atom stereocenters. The van der Waals surface area contributed by atoms with Gasteiger partial charge < -0.3 is 18.9 Å². The molecule has 2 rings (SSSR count). The van der Waals surface area contributed by atoms with Gasteiger partial charge in [0.1, 0.15) is 12.2 Å². The maximum Gasteiger partial charge on any atom is 0.342 e. The Morgan fingerprint density at radius 3 is 1.78 bits per heavy atom. The molecule has 0 fully saturated rings. The smallest absolute Gasteiger partial charge is 0.342 e. The summed E-state index contributed by atoms with van der Waals surface area (Å²) in [7, 11) is 3.85. The van der Waals surface area contributed by atoms with E-state index in [1.165, 1.54) is 33.5 Å². The first-order valence-electron chi connectivity index (χ1n) is 7.24. The van der Waals surface area contributed by atoms with Crippen molar-refractivity contribution in [3.8, 4) is 17.2 Å². The van der Waals surface area contributed by atoms with E-state index in [0.29, 0.717) is 0 Å². The number of methoxy groups -OCH3 is 3. The van der Waals surface area contributed by atoms with Crippen molar-refractivity contribution in [2.75, 3.05) is 21.3 Å². The minimum Gasteiger partial charge on any atom is -0.493 e. The minimum atomic E-state index is -2.30. The third kappa shape index (κ3) is 3.60. The highest BCUT2D eigenvalue weighted by Gasteiger charge is 2.27. The number of rotatable bonds is 6. The monoisotopic (exact) mass is 392 g/mol. The van der Waals surface area contributed by atoms with E-state index in [-0.39, 0.29) is 22.8 Å². The van der Waals surface area contributed by atoms with Crippen molar-refractivity contribution < 1.29 is 45.7 Å². The fourth-order valence-electron chi connectivity index (χ4n) is 2.25. The zero-order valence-corrected chi connectivity index (χ0v) is 14.3. The van der Waals surface area contributed by atoms with Crippen LogP contribution in [0.5, 0.6) is 17.2 Å². The maximum absolute atomic E-state index is 13.6. The molecule has 0 heterocycles. The van der Waals surface area contributed by atoms with E-state index in [9.17, 15) is 26.7 Å². The molecule has 146 valence electrons. The Balaban J connectivity index is 2.35. The van der Waals surface area contributed by atoms with E-state index in [2.05, 4.69) is 0 Å². The van der Waals surface area contributed by atoms with Crippen LogP contribution in [-0.4, -0.2) is 27.3 Å². The molecule has 0 aliphatic carbocycles. The molecule has 10 heteroatoms. The van der Waals surface area contributed by atoms with Gasteiger partial charge in [-0.25, -0.2) is 26.7 Å². The highest BCUT2D eigenvalue weighted by Crippen LogP contribution is 2.40. The van der Waals surface area contributed by atoms with E-state index in [1.54, 1.807) is 0 Å². The van der Waals surface area contributed by atoms with Crippen LogP contribution in [0.25, 0.3) is 0 Å². The predicted octanol–water partition coefficient (Wildman–Crippen LogP) is 3.76. The topological polar surface area (TPSA) is 54.0 Å². The molecule has 0 radical (unpaired) electrons. The number of hydrogen-bond donors (Lipinski definition) is 0. The van der Waals surface area contributed by atoms with Gasteiger partial charge in [-0.1, -0.05) is 0 Å². The standard InChI is InChI=1S/C17H13F5O5/c1-24-9-5-4-7(15(25-2)16(9)26-3)17(23)27-6-8-10(18)12(20)14(22)13(21)11(8)19/h4-5H,6H2,1-3H3. The molecular weight excluding hydrogens is 379 g/mol. The van der Waals surface area contributed by atoms with Crippen molar-refractivity contribution in [2.24, 2.45) is 0 Å². The van der Waals surface area contributed by atoms with Gasteiger partial charge in [0.25, 0.3) is 0 Å². The molecule has 0 aliphatic heterocycles. The normalized spacial score (nSPS) is 10.5. The van der Waals surface area contributed by atoms with Crippen molar-refractivity contribution >= 4 is 5.97 Å². The lowest BCUT2D eigenvalue weighted by Crippen LogP contribution is -2.13. The zero-order valence-electron chi connectivity index (χ0n) is 14.3. The van der Waals surface area contributed by atoms with Gasteiger partial charge in [0.15, 0.2) is 34.8 Å². The molecule has 0 spiro atoms. The SMILES string of the molecule is COc1ccc(C(=O)OCc2c(F)c(F)c(F)c(F)c2F)c(OC)c1OC. The Bertz CT molecular complexity index is 856. The van der Waals surface area contributed by atoms with Gasteiger partial charge in [0, 0.05) is 0 Å². The first kappa shape index (κ1) is 20.3. The van der Waals surface area contributed by atoms with E-state index in [4.69, 9.17) is 18.9 Å². The Labute approximate surface area is 150 Å². The van der Waals surface area contributed by atoms with Gasteiger partial charge >= 0.3 is 5.97 Å². The molecule has 0 saturated heterocycles. The summed E-state index contributed by atoms with van der Waals surface area (Å²) in [6.45, 7) is -1.19. The summed E-state index contributed by atoms with van der Waals surface area (Å²) in [6.07, 6.45) is 0. The van der Waals surface area contributed by atoms with Crippen molar-refractivity contribution in [2.45, 2.75) is 6.61 Å². The Kier molecular flexibility index (Phi) is 6.09. The molecule has 0 aromatic heterocycles. The van der Waals surface area contributed by atoms with Gasteiger partial charge in [-0.3, -0.25) is 0 Å². The molecule has 27 heavy (non-hydrogen) atoms. The second-order valence-corrected chi connectivity index (χ2v) is 5.01. The molecule has 2 aromatic rings. The molecule has 0 amide bonds. The minimum absolute atomic E-state index is 0.0469. The van der Waals surface area contributed by atoms with Gasteiger partial charge in [0.2, 0.25) is 11.6 Å². The van der Waals surface area contributed by atoms with Gasteiger partial charge in [-0.15, -0.1) is 0 Å². The van der Waals surface area contributed by atoms with Crippen LogP contribution in [0.1, 0.15) is 15.9 Å². The number of carbonyl (C=O) groups is 1. The Hall–Kier alpha value is -3.04. The number of esters is 1. The number of benzene rings is 2. The molecule has 0 unspecified atom stereocenters. The number of halogens is 5. The van der Waals surface area contributed by atoms with Crippen LogP contribution in [0.3, 0.4) is 0 Å². The van der Waals surface area contributed by atoms with Crippen molar-refractivity contribution in [1.29, 1.82) is 0 Å².